The van der Waals surface area contributed by atoms with Gasteiger partial charge in [0.1, 0.15) is 21.7 Å². The summed E-state index contributed by atoms with van der Waals surface area (Å²) in [6.45, 7) is 3.13. The van der Waals surface area contributed by atoms with Gasteiger partial charge in [-0.3, -0.25) is 10.1 Å². The number of hydrogen-bond donors (Lipinski definition) is 2. The lowest BCUT2D eigenvalue weighted by Crippen LogP contribution is -2.43. The lowest BCUT2D eigenvalue weighted by molar-refractivity contribution is -0.123. The minimum absolute atomic E-state index is 0.00945. The molecule has 3 heterocycles. The number of benzene rings is 1. The van der Waals surface area contributed by atoms with E-state index in [0.29, 0.717) is 11.3 Å². The molecule has 5 amide bonds. The van der Waals surface area contributed by atoms with Crippen LogP contribution < -0.4 is 15.5 Å². The predicted molar refractivity (Wildman–Crippen MR) is 142 cm³/mol. The summed E-state index contributed by atoms with van der Waals surface area (Å²) in [5, 5.41) is 5.30. The van der Waals surface area contributed by atoms with Crippen LogP contribution in [-0.4, -0.2) is 43.9 Å². The van der Waals surface area contributed by atoms with Crippen LogP contribution in [0.3, 0.4) is 0 Å². The van der Waals surface area contributed by atoms with E-state index in [2.05, 4.69) is 20.6 Å². The Bertz CT molecular complexity index is 1420. The molecule has 204 valence electrons. The molecule has 1 saturated heterocycles. The Morgan fingerprint density at radius 1 is 1.03 bits per heavy atom. The second-order valence-electron chi connectivity index (χ2n) is 8.74. The molecule has 39 heavy (non-hydrogen) atoms. The fourth-order valence-electron chi connectivity index (χ4n) is 3.76. The van der Waals surface area contributed by atoms with Crippen LogP contribution in [0.1, 0.15) is 19.4 Å². The van der Waals surface area contributed by atoms with Crippen LogP contribution >= 0.6 is 35.0 Å². The molecule has 4 rings (SSSR count). The molecule has 0 atom stereocenters. The highest BCUT2D eigenvalue weighted by molar-refractivity contribution is 8.00. The largest absolute Gasteiger partial charge is 0.446 e. The number of aromatic nitrogens is 2. The van der Waals surface area contributed by atoms with E-state index in [1.807, 2.05) is 0 Å². The molecule has 2 N–H and O–H groups in total. The fraction of sp³-hybridized carbons (Fsp3) is 0.208. The van der Waals surface area contributed by atoms with Gasteiger partial charge < -0.3 is 10.2 Å². The Balaban J connectivity index is 1.47. The smallest absolute Gasteiger partial charge is 0.307 e. The maximum atomic E-state index is 13.3. The topological polar surface area (TPSA) is 108 Å². The standard InChI is InChI=1S/C24H19Cl2F3N6O3S/c1-23(2)20(36)35(15-3-5-16(6-4-15)39-24(27,28)29)22(38)34(23)12-13-7-8-30-19(9-13)33-21(37)31-14-10-17(25)32-18(26)11-14/h3-11H,12H2,1-2H3,(H2,30,31,32,33,37). The second kappa shape index (κ2) is 10.9. The zero-order chi connectivity index (χ0) is 28.5. The molecular weight excluding hydrogens is 580 g/mol. The van der Waals surface area contributed by atoms with Crippen molar-refractivity contribution in [2.45, 2.75) is 36.3 Å². The highest BCUT2D eigenvalue weighted by Crippen LogP contribution is 2.39. The van der Waals surface area contributed by atoms with Crippen molar-refractivity contribution in [3.63, 3.8) is 0 Å². The zero-order valence-electron chi connectivity index (χ0n) is 20.2. The third-order valence-corrected chi connectivity index (χ3v) is 6.71. The number of imide groups is 1. The molecule has 2 aromatic heterocycles. The van der Waals surface area contributed by atoms with E-state index in [9.17, 15) is 27.6 Å². The van der Waals surface area contributed by atoms with Gasteiger partial charge in [-0.05, 0) is 79.7 Å². The van der Waals surface area contributed by atoms with Gasteiger partial charge in [0.25, 0.3) is 5.91 Å². The maximum Gasteiger partial charge on any atom is 0.446 e. The number of anilines is 3. The minimum Gasteiger partial charge on any atom is -0.307 e. The number of amides is 5. The van der Waals surface area contributed by atoms with E-state index in [1.165, 1.54) is 53.6 Å². The predicted octanol–water partition coefficient (Wildman–Crippen LogP) is 6.79. The Hall–Kier alpha value is -3.55. The number of carbonyl (C=O) groups excluding carboxylic acids is 3. The first kappa shape index (κ1) is 28.5. The Kier molecular flexibility index (Phi) is 7.96. The molecule has 3 aromatic rings. The molecule has 0 aliphatic carbocycles. The summed E-state index contributed by atoms with van der Waals surface area (Å²) < 4.78 is 37.9. The molecule has 0 saturated carbocycles. The van der Waals surface area contributed by atoms with E-state index in [4.69, 9.17) is 23.2 Å². The van der Waals surface area contributed by atoms with Crippen molar-refractivity contribution in [2.24, 2.45) is 0 Å². The molecule has 1 aromatic carbocycles. The highest BCUT2D eigenvalue weighted by Gasteiger charge is 2.51. The number of nitrogens with one attached hydrogen (secondary N) is 2. The number of nitrogens with zero attached hydrogens (tertiary/aromatic N) is 4. The van der Waals surface area contributed by atoms with Crippen molar-refractivity contribution in [2.75, 3.05) is 15.5 Å². The van der Waals surface area contributed by atoms with Crippen LogP contribution in [0.5, 0.6) is 0 Å². The van der Waals surface area contributed by atoms with Crippen LogP contribution in [0.25, 0.3) is 0 Å². The van der Waals surface area contributed by atoms with Crippen LogP contribution in [0.4, 0.5) is 40.0 Å². The third kappa shape index (κ3) is 6.72. The van der Waals surface area contributed by atoms with Gasteiger partial charge >= 0.3 is 17.6 Å². The van der Waals surface area contributed by atoms with E-state index >= 15 is 0 Å². The van der Waals surface area contributed by atoms with Crippen molar-refractivity contribution in [1.29, 1.82) is 0 Å². The fourth-order valence-corrected chi connectivity index (χ4v) is 4.76. The average molecular weight is 599 g/mol. The summed E-state index contributed by atoms with van der Waals surface area (Å²) in [5.74, 6) is -0.369. The summed E-state index contributed by atoms with van der Waals surface area (Å²) >= 11 is 11.4. The first-order chi connectivity index (χ1) is 18.2. The van der Waals surface area contributed by atoms with Gasteiger partial charge in [-0.15, -0.1) is 0 Å². The Morgan fingerprint density at radius 3 is 2.28 bits per heavy atom. The third-order valence-electron chi connectivity index (χ3n) is 5.58. The molecule has 1 aliphatic heterocycles. The lowest BCUT2D eigenvalue weighted by Gasteiger charge is -2.27. The van der Waals surface area contributed by atoms with E-state index in [0.717, 1.165) is 4.90 Å². The summed E-state index contributed by atoms with van der Waals surface area (Å²) in [7, 11) is 0. The normalized spacial score (nSPS) is 15.1. The van der Waals surface area contributed by atoms with Crippen molar-refractivity contribution in [3.05, 3.63) is 70.6 Å². The van der Waals surface area contributed by atoms with Gasteiger partial charge in [0.15, 0.2) is 0 Å². The summed E-state index contributed by atoms with van der Waals surface area (Å²) in [6, 6.07) is 9.66. The Labute approximate surface area is 234 Å². The molecule has 15 heteroatoms. The summed E-state index contributed by atoms with van der Waals surface area (Å²) in [4.78, 5) is 48.9. The van der Waals surface area contributed by atoms with E-state index in [-0.39, 0.29) is 45.0 Å². The number of hydrogen-bond acceptors (Lipinski definition) is 6. The number of rotatable bonds is 6. The van der Waals surface area contributed by atoms with Gasteiger partial charge in [0.2, 0.25) is 0 Å². The first-order valence-electron chi connectivity index (χ1n) is 11.1. The summed E-state index contributed by atoms with van der Waals surface area (Å²) in [6.07, 6.45) is 1.43. The van der Waals surface area contributed by atoms with Gasteiger partial charge in [0, 0.05) is 23.3 Å². The Morgan fingerprint density at radius 2 is 1.67 bits per heavy atom. The van der Waals surface area contributed by atoms with Gasteiger partial charge in [-0.25, -0.2) is 24.5 Å². The van der Waals surface area contributed by atoms with Crippen molar-refractivity contribution >= 4 is 70.1 Å². The van der Waals surface area contributed by atoms with Crippen molar-refractivity contribution in [1.82, 2.24) is 14.9 Å². The monoisotopic (exact) mass is 598 g/mol. The van der Waals surface area contributed by atoms with Crippen LogP contribution in [0, 0.1) is 0 Å². The number of thioether (sulfide) groups is 1. The van der Waals surface area contributed by atoms with Gasteiger partial charge in [-0.2, -0.15) is 13.2 Å². The molecule has 1 fully saturated rings. The number of urea groups is 2. The SMILES string of the molecule is CC1(C)C(=O)N(c2ccc(SC(F)(F)F)cc2)C(=O)N1Cc1ccnc(NC(=O)Nc2cc(Cl)nc(Cl)c2)c1. The zero-order valence-corrected chi connectivity index (χ0v) is 22.5. The van der Waals surface area contributed by atoms with Crippen molar-refractivity contribution in [3.8, 4) is 0 Å². The highest BCUT2D eigenvalue weighted by atomic mass is 35.5. The number of carbonyl (C=O) groups is 3. The summed E-state index contributed by atoms with van der Waals surface area (Å²) in [5.41, 5.74) is -4.70. The maximum absolute atomic E-state index is 13.3. The first-order valence-corrected chi connectivity index (χ1v) is 12.7. The van der Waals surface area contributed by atoms with Crippen molar-refractivity contribution < 1.29 is 27.6 Å². The van der Waals surface area contributed by atoms with Crippen LogP contribution in [0.2, 0.25) is 10.3 Å². The number of alkyl halides is 3. The second-order valence-corrected chi connectivity index (χ2v) is 10.7. The van der Waals surface area contributed by atoms with E-state index in [1.54, 1.807) is 19.9 Å². The van der Waals surface area contributed by atoms with Gasteiger partial charge in [-0.1, -0.05) is 23.2 Å². The quantitative estimate of drug-likeness (QED) is 0.184. The molecule has 0 bridgehead atoms. The molecule has 9 nitrogen and oxygen atoms in total. The van der Waals surface area contributed by atoms with Gasteiger partial charge in [0.05, 0.1) is 5.69 Å². The van der Waals surface area contributed by atoms with Crippen LogP contribution in [0.15, 0.2) is 59.6 Å². The molecular formula is C24H19Cl2F3N6O3S. The molecule has 0 unspecified atom stereocenters. The van der Waals surface area contributed by atoms with Crippen LogP contribution in [-0.2, 0) is 11.3 Å². The minimum atomic E-state index is -4.46. The molecule has 0 radical (unpaired) electrons. The molecule has 0 spiro atoms. The van der Waals surface area contributed by atoms with E-state index < -0.39 is 29.0 Å². The average Bonchev–Trinajstić information content (AvgIpc) is 2.97. The number of halogens is 5. The lowest BCUT2D eigenvalue weighted by atomic mass is 10.0. The number of pyridine rings is 2. The molecule has 1 aliphatic rings.